The van der Waals surface area contributed by atoms with E-state index in [0.717, 1.165) is 33.8 Å². The Morgan fingerprint density at radius 2 is 2.00 bits per heavy atom. The van der Waals surface area contributed by atoms with Gasteiger partial charge in [0.25, 0.3) is 0 Å². The Morgan fingerprint density at radius 3 is 2.79 bits per heavy atom. The molecule has 3 heterocycles. The fourth-order valence-electron chi connectivity index (χ4n) is 2.55. The van der Waals surface area contributed by atoms with Crippen molar-refractivity contribution in [2.75, 3.05) is 7.11 Å². The number of halogens is 1. The molecule has 7 heteroatoms. The molecule has 0 unspecified atom stereocenters. The SMILES string of the molecule is COc1ccc(-c2cc(Cn3ccc4c(Cl)ncnc43)on2)cc1. The molecule has 3 aromatic heterocycles. The van der Waals surface area contributed by atoms with Crippen LogP contribution in [0.3, 0.4) is 0 Å². The van der Waals surface area contributed by atoms with Gasteiger partial charge in [0.1, 0.15) is 28.6 Å². The number of methoxy groups -OCH3 is 1. The predicted octanol–water partition coefficient (Wildman–Crippen LogP) is 3.80. The minimum absolute atomic E-state index is 0.440. The molecule has 0 fully saturated rings. The summed E-state index contributed by atoms with van der Waals surface area (Å²) < 4.78 is 12.6. The van der Waals surface area contributed by atoms with Crippen LogP contribution >= 0.6 is 11.6 Å². The van der Waals surface area contributed by atoms with Crippen LogP contribution < -0.4 is 4.74 Å². The van der Waals surface area contributed by atoms with Crippen molar-refractivity contribution in [3.8, 4) is 17.0 Å². The van der Waals surface area contributed by atoms with E-state index in [1.54, 1.807) is 7.11 Å². The van der Waals surface area contributed by atoms with Gasteiger partial charge in [0.15, 0.2) is 5.76 Å². The summed E-state index contributed by atoms with van der Waals surface area (Å²) in [6, 6.07) is 11.5. The van der Waals surface area contributed by atoms with E-state index >= 15 is 0 Å². The van der Waals surface area contributed by atoms with Gasteiger partial charge in [-0.25, -0.2) is 9.97 Å². The number of ether oxygens (including phenoxy) is 1. The van der Waals surface area contributed by atoms with Crippen LogP contribution in [0.25, 0.3) is 22.3 Å². The van der Waals surface area contributed by atoms with Crippen LogP contribution in [0.1, 0.15) is 5.76 Å². The highest BCUT2D eigenvalue weighted by molar-refractivity contribution is 6.33. The molecule has 0 aliphatic carbocycles. The Labute approximate surface area is 142 Å². The smallest absolute Gasteiger partial charge is 0.157 e. The number of nitrogens with zero attached hydrogens (tertiary/aromatic N) is 4. The van der Waals surface area contributed by atoms with Gasteiger partial charge < -0.3 is 13.8 Å². The lowest BCUT2D eigenvalue weighted by atomic mass is 10.1. The fourth-order valence-corrected chi connectivity index (χ4v) is 2.74. The molecule has 0 aliphatic rings. The Morgan fingerprint density at radius 1 is 1.17 bits per heavy atom. The summed E-state index contributed by atoms with van der Waals surface area (Å²) >= 11 is 6.07. The summed E-state index contributed by atoms with van der Waals surface area (Å²) in [7, 11) is 1.64. The van der Waals surface area contributed by atoms with Crippen LogP contribution in [0.4, 0.5) is 0 Å². The van der Waals surface area contributed by atoms with Gasteiger partial charge in [-0.15, -0.1) is 0 Å². The molecule has 0 saturated carbocycles. The summed E-state index contributed by atoms with van der Waals surface area (Å²) in [5.74, 6) is 1.53. The Hall–Kier alpha value is -2.86. The second kappa shape index (κ2) is 5.98. The molecule has 120 valence electrons. The molecular weight excluding hydrogens is 328 g/mol. The quantitative estimate of drug-likeness (QED) is 0.529. The molecule has 0 bridgehead atoms. The lowest BCUT2D eigenvalue weighted by Crippen LogP contribution is -1.98. The van der Waals surface area contributed by atoms with Crippen molar-refractivity contribution in [1.82, 2.24) is 19.7 Å². The van der Waals surface area contributed by atoms with E-state index in [1.807, 2.05) is 47.2 Å². The minimum Gasteiger partial charge on any atom is -0.497 e. The van der Waals surface area contributed by atoms with Gasteiger partial charge in [0.2, 0.25) is 0 Å². The van der Waals surface area contributed by atoms with Crippen LogP contribution in [-0.4, -0.2) is 26.8 Å². The highest BCUT2D eigenvalue weighted by atomic mass is 35.5. The third-order valence-corrected chi connectivity index (χ3v) is 4.08. The lowest BCUT2D eigenvalue weighted by Gasteiger charge is -2.01. The molecule has 1 aromatic carbocycles. The molecule has 0 N–H and O–H groups in total. The average Bonchev–Trinajstić information content (AvgIpc) is 3.24. The molecule has 0 spiro atoms. The van der Waals surface area contributed by atoms with Crippen molar-refractivity contribution < 1.29 is 9.26 Å². The monoisotopic (exact) mass is 340 g/mol. The van der Waals surface area contributed by atoms with E-state index in [1.165, 1.54) is 6.33 Å². The first kappa shape index (κ1) is 14.7. The normalized spacial score (nSPS) is 11.1. The molecule has 0 amide bonds. The Kier molecular flexibility index (Phi) is 3.66. The number of hydrogen-bond acceptors (Lipinski definition) is 5. The highest BCUT2D eigenvalue weighted by Crippen LogP contribution is 2.24. The topological polar surface area (TPSA) is 66.0 Å². The fraction of sp³-hybridized carbons (Fsp3) is 0.118. The van der Waals surface area contributed by atoms with Crippen molar-refractivity contribution in [3.05, 3.63) is 59.8 Å². The predicted molar refractivity (Wildman–Crippen MR) is 90.1 cm³/mol. The maximum absolute atomic E-state index is 6.07. The van der Waals surface area contributed by atoms with Gasteiger partial charge in [-0.2, -0.15) is 0 Å². The number of aromatic nitrogens is 4. The first-order valence-corrected chi connectivity index (χ1v) is 7.68. The van der Waals surface area contributed by atoms with Gasteiger partial charge in [-0.05, 0) is 30.3 Å². The first-order valence-electron chi connectivity index (χ1n) is 7.30. The molecule has 0 atom stereocenters. The van der Waals surface area contributed by atoms with Gasteiger partial charge >= 0.3 is 0 Å². The average molecular weight is 341 g/mol. The molecule has 24 heavy (non-hydrogen) atoms. The zero-order valence-corrected chi connectivity index (χ0v) is 13.6. The molecule has 0 radical (unpaired) electrons. The maximum Gasteiger partial charge on any atom is 0.157 e. The molecule has 0 saturated heterocycles. The van der Waals surface area contributed by atoms with Gasteiger partial charge in [-0.3, -0.25) is 0 Å². The maximum atomic E-state index is 6.07. The third kappa shape index (κ3) is 2.61. The summed E-state index contributed by atoms with van der Waals surface area (Å²) in [4.78, 5) is 8.25. The second-order valence-corrected chi connectivity index (χ2v) is 5.61. The van der Waals surface area contributed by atoms with Gasteiger partial charge in [-0.1, -0.05) is 16.8 Å². The lowest BCUT2D eigenvalue weighted by molar-refractivity contribution is 0.379. The minimum atomic E-state index is 0.440. The number of hydrogen-bond donors (Lipinski definition) is 0. The van der Waals surface area contributed by atoms with Crippen molar-refractivity contribution in [2.45, 2.75) is 6.54 Å². The zero-order valence-electron chi connectivity index (χ0n) is 12.8. The third-order valence-electron chi connectivity index (χ3n) is 3.78. The molecule has 6 nitrogen and oxygen atoms in total. The van der Waals surface area contributed by atoms with Crippen LogP contribution in [0.5, 0.6) is 5.75 Å². The second-order valence-electron chi connectivity index (χ2n) is 5.25. The van der Waals surface area contributed by atoms with E-state index < -0.39 is 0 Å². The molecule has 4 aromatic rings. The summed E-state index contributed by atoms with van der Waals surface area (Å²) in [6.07, 6.45) is 3.35. The molecule has 0 aliphatic heterocycles. The van der Waals surface area contributed by atoms with Crippen molar-refractivity contribution in [1.29, 1.82) is 0 Å². The van der Waals surface area contributed by atoms with Crippen LogP contribution in [0, 0.1) is 0 Å². The van der Waals surface area contributed by atoms with E-state index in [-0.39, 0.29) is 0 Å². The largest absolute Gasteiger partial charge is 0.497 e. The molecule has 4 rings (SSSR count). The van der Waals surface area contributed by atoms with Crippen molar-refractivity contribution in [2.24, 2.45) is 0 Å². The number of benzene rings is 1. The van der Waals surface area contributed by atoms with E-state index in [2.05, 4.69) is 15.1 Å². The number of rotatable bonds is 4. The van der Waals surface area contributed by atoms with E-state index in [0.29, 0.717) is 11.7 Å². The van der Waals surface area contributed by atoms with Gasteiger partial charge in [0.05, 0.1) is 19.0 Å². The van der Waals surface area contributed by atoms with Crippen LogP contribution in [-0.2, 0) is 6.54 Å². The summed E-state index contributed by atoms with van der Waals surface area (Å²) in [5.41, 5.74) is 2.50. The highest BCUT2D eigenvalue weighted by Gasteiger charge is 2.11. The first-order chi connectivity index (χ1) is 11.7. The van der Waals surface area contributed by atoms with E-state index in [9.17, 15) is 0 Å². The van der Waals surface area contributed by atoms with Crippen LogP contribution in [0.15, 0.2) is 53.4 Å². The summed E-state index contributed by atoms with van der Waals surface area (Å²) in [5, 5.41) is 5.39. The number of fused-ring (bicyclic) bond motifs is 1. The van der Waals surface area contributed by atoms with Gasteiger partial charge in [0, 0.05) is 17.8 Å². The standard InChI is InChI=1S/C17H13ClN4O2/c1-23-12-4-2-11(3-5-12)15-8-13(24-21-15)9-22-7-6-14-16(18)19-10-20-17(14)22/h2-8,10H,9H2,1H3. The zero-order chi connectivity index (χ0) is 16.5. The van der Waals surface area contributed by atoms with Crippen molar-refractivity contribution >= 4 is 22.6 Å². The van der Waals surface area contributed by atoms with E-state index in [4.69, 9.17) is 20.9 Å². The summed E-state index contributed by atoms with van der Waals surface area (Å²) in [6.45, 7) is 0.514. The van der Waals surface area contributed by atoms with Crippen LogP contribution in [0.2, 0.25) is 5.15 Å². The van der Waals surface area contributed by atoms with Crippen molar-refractivity contribution in [3.63, 3.8) is 0 Å². The molecular formula is C17H13ClN4O2. The Bertz CT molecular complexity index is 991. The Balaban J connectivity index is 1.61.